The highest BCUT2D eigenvalue weighted by Gasteiger charge is 2.33. The van der Waals surface area contributed by atoms with Crippen molar-refractivity contribution < 1.29 is 17.6 Å². The zero-order chi connectivity index (χ0) is 17.2. The van der Waals surface area contributed by atoms with Crippen molar-refractivity contribution in [2.45, 2.75) is 24.3 Å². The molecule has 1 saturated heterocycles. The Kier molecular flexibility index (Phi) is 4.62. The Labute approximate surface area is 139 Å². The molecule has 126 valence electrons. The summed E-state index contributed by atoms with van der Waals surface area (Å²) in [4.78, 5) is 0.141. The third-order valence-electron chi connectivity index (χ3n) is 3.71. The predicted molar refractivity (Wildman–Crippen MR) is 82.3 cm³/mol. The van der Waals surface area contributed by atoms with Crippen molar-refractivity contribution in [3.05, 3.63) is 41.6 Å². The van der Waals surface area contributed by atoms with E-state index in [0.717, 1.165) is 0 Å². The van der Waals surface area contributed by atoms with Crippen LogP contribution in [0.1, 0.15) is 30.4 Å². The number of rotatable bonds is 4. The molecule has 0 radical (unpaired) electrons. The SMILES string of the molecule is CCc1nnc([C@@H]2CN(S(=O)(=O)c3ccc(C#N)cc3)CCO2)o1. The van der Waals surface area contributed by atoms with E-state index in [1.165, 1.54) is 28.6 Å². The van der Waals surface area contributed by atoms with Crippen LogP contribution < -0.4 is 0 Å². The van der Waals surface area contributed by atoms with Gasteiger partial charge in [-0.25, -0.2) is 8.42 Å². The van der Waals surface area contributed by atoms with Gasteiger partial charge in [0.2, 0.25) is 21.8 Å². The van der Waals surface area contributed by atoms with Gasteiger partial charge in [-0.3, -0.25) is 0 Å². The molecule has 0 unspecified atom stereocenters. The molecule has 0 spiro atoms. The number of sulfonamides is 1. The van der Waals surface area contributed by atoms with Crippen LogP contribution in [0.2, 0.25) is 0 Å². The summed E-state index contributed by atoms with van der Waals surface area (Å²) in [6.07, 6.45) is 0.0205. The maximum Gasteiger partial charge on any atom is 0.246 e. The average Bonchev–Trinajstić information content (AvgIpc) is 3.11. The van der Waals surface area contributed by atoms with Crippen molar-refractivity contribution in [3.8, 4) is 6.07 Å². The van der Waals surface area contributed by atoms with Gasteiger partial charge in [0.15, 0.2) is 0 Å². The maximum absolute atomic E-state index is 12.7. The highest BCUT2D eigenvalue weighted by atomic mass is 32.2. The average molecular weight is 348 g/mol. The fraction of sp³-hybridized carbons (Fsp3) is 0.400. The molecule has 0 saturated carbocycles. The number of aryl methyl sites for hydroxylation is 1. The first-order chi connectivity index (χ1) is 11.5. The maximum atomic E-state index is 12.7. The molecule has 1 fully saturated rings. The van der Waals surface area contributed by atoms with E-state index in [4.69, 9.17) is 14.4 Å². The third kappa shape index (κ3) is 3.17. The Bertz CT molecular complexity index is 854. The third-order valence-corrected chi connectivity index (χ3v) is 5.59. The summed E-state index contributed by atoms with van der Waals surface area (Å²) in [5.41, 5.74) is 0.409. The Morgan fingerprint density at radius 3 is 2.71 bits per heavy atom. The first kappa shape index (κ1) is 16.6. The van der Waals surface area contributed by atoms with Crippen LogP contribution in [0.25, 0.3) is 0 Å². The van der Waals surface area contributed by atoms with Gasteiger partial charge >= 0.3 is 0 Å². The summed E-state index contributed by atoms with van der Waals surface area (Å²) in [6, 6.07) is 7.79. The van der Waals surface area contributed by atoms with Gasteiger partial charge in [-0.2, -0.15) is 9.57 Å². The Hall–Kier alpha value is -2.28. The summed E-state index contributed by atoms with van der Waals surface area (Å²) < 4.78 is 37.9. The Morgan fingerprint density at radius 2 is 2.08 bits per heavy atom. The van der Waals surface area contributed by atoms with Crippen LogP contribution in [0.3, 0.4) is 0 Å². The number of nitriles is 1. The molecular weight excluding hydrogens is 332 g/mol. The zero-order valence-corrected chi connectivity index (χ0v) is 13.9. The van der Waals surface area contributed by atoms with Gasteiger partial charge in [-0.1, -0.05) is 6.92 Å². The highest BCUT2D eigenvalue weighted by molar-refractivity contribution is 7.89. The lowest BCUT2D eigenvalue weighted by Crippen LogP contribution is -2.42. The summed E-state index contributed by atoms with van der Waals surface area (Å²) >= 11 is 0. The summed E-state index contributed by atoms with van der Waals surface area (Å²) in [5, 5.41) is 16.6. The second kappa shape index (κ2) is 6.68. The Morgan fingerprint density at radius 1 is 1.33 bits per heavy atom. The smallest absolute Gasteiger partial charge is 0.246 e. The summed E-state index contributed by atoms with van der Waals surface area (Å²) in [6.45, 7) is 2.48. The molecule has 1 atom stereocenters. The highest BCUT2D eigenvalue weighted by Crippen LogP contribution is 2.26. The van der Waals surface area contributed by atoms with Crippen LogP contribution >= 0.6 is 0 Å². The number of morpholine rings is 1. The van der Waals surface area contributed by atoms with Gasteiger partial charge in [-0.15, -0.1) is 10.2 Å². The number of benzene rings is 1. The molecular formula is C15H16N4O4S. The number of aromatic nitrogens is 2. The van der Waals surface area contributed by atoms with Crippen LogP contribution in [0, 0.1) is 11.3 Å². The molecule has 2 aromatic rings. The van der Waals surface area contributed by atoms with E-state index >= 15 is 0 Å². The van der Waals surface area contributed by atoms with Crippen LogP contribution in [-0.2, 0) is 21.2 Å². The predicted octanol–water partition coefficient (Wildman–Crippen LogP) is 1.27. The molecule has 24 heavy (non-hydrogen) atoms. The number of ether oxygens (including phenoxy) is 1. The topological polar surface area (TPSA) is 109 Å². The quantitative estimate of drug-likeness (QED) is 0.818. The lowest BCUT2D eigenvalue weighted by molar-refractivity contribution is -0.0177. The van der Waals surface area contributed by atoms with Gasteiger partial charge in [0.05, 0.1) is 23.1 Å². The molecule has 0 bridgehead atoms. The van der Waals surface area contributed by atoms with Gasteiger partial charge in [0.1, 0.15) is 6.10 Å². The van der Waals surface area contributed by atoms with E-state index in [1.807, 2.05) is 13.0 Å². The fourth-order valence-corrected chi connectivity index (χ4v) is 3.81. The molecule has 0 aliphatic carbocycles. The van der Waals surface area contributed by atoms with Gasteiger partial charge < -0.3 is 9.15 Å². The zero-order valence-electron chi connectivity index (χ0n) is 13.0. The normalized spacial score (nSPS) is 19.1. The summed E-state index contributed by atoms with van der Waals surface area (Å²) in [5.74, 6) is 0.771. The van der Waals surface area contributed by atoms with Crippen LogP contribution in [0.5, 0.6) is 0 Å². The minimum Gasteiger partial charge on any atom is -0.422 e. The monoisotopic (exact) mass is 348 g/mol. The van der Waals surface area contributed by atoms with Crippen LogP contribution in [0.4, 0.5) is 0 Å². The molecule has 8 nitrogen and oxygen atoms in total. The summed E-state index contributed by atoms with van der Waals surface area (Å²) in [7, 11) is -3.67. The van der Waals surface area contributed by atoms with E-state index < -0.39 is 16.1 Å². The van der Waals surface area contributed by atoms with E-state index in [9.17, 15) is 8.42 Å². The largest absolute Gasteiger partial charge is 0.422 e. The lowest BCUT2D eigenvalue weighted by atomic mass is 10.2. The van der Waals surface area contributed by atoms with E-state index in [2.05, 4.69) is 10.2 Å². The molecule has 1 aliphatic heterocycles. The molecule has 2 heterocycles. The number of hydrogen-bond acceptors (Lipinski definition) is 7. The van der Waals surface area contributed by atoms with Gasteiger partial charge in [0.25, 0.3) is 0 Å². The molecule has 1 aromatic heterocycles. The van der Waals surface area contributed by atoms with Crippen molar-refractivity contribution in [2.24, 2.45) is 0 Å². The van der Waals surface area contributed by atoms with E-state index in [-0.39, 0.29) is 30.5 Å². The molecule has 0 amide bonds. The first-order valence-electron chi connectivity index (χ1n) is 7.48. The van der Waals surface area contributed by atoms with Crippen molar-refractivity contribution in [1.29, 1.82) is 5.26 Å². The Balaban J connectivity index is 1.81. The first-order valence-corrected chi connectivity index (χ1v) is 8.92. The standard InChI is InChI=1S/C15H16N4O4S/c1-2-14-17-18-15(23-14)13-10-19(7-8-22-13)24(20,21)12-5-3-11(9-16)4-6-12/h3-6,13H,2,7-8,10H2,1H3/t13-/m0/s1. The van der Waals surface area contributed by atoms with Gasteiger partial charge in [-0.05, 0) is 24.3 Å². The molecule has 3 rings (SSSR count). The number of nitrogens with zero attached hydrogens (tertiary/aromatic N) is 4. The van der Waals surface area contributed by atoms with Crippen molar-refractivity contribution in [3.63, 3.8) is 0 Å². The van der Waals surface area contributed by atoms with Crippen molar-refractivity contribution >= 4 is 10.0 Å². The van der Waals surface area contributed by atoms with Crippen LogP contribution in [0.15, 0.2) is 33.6 Å². The van der Waals surface area contributed by atoms with E-state index in [1.54, 1.807) is 0 Å². The molecule has 1 aromatic carbocycles. The second-order valence-electron chi connectivity index (χ2n) is 5.25. The van der Waals surface area contributed by atoms with Crippen molar-refractivity contribution in [1.82, 2.24) is 14.5 Å². The minimum absolute atomic E-state index is 0.105. The van der Waals surface area contributed by atoms with E-state index in [0.29, 0.717) is 17.9 Å². The minimum atomic E-state index is -3.67. The molecule has 0 N–H and O–H groups in total. The second-order valence-corrected chi connectivity index (χ2v) is 7.18. The molecule has 1 aliphatic rings. The van der Waals surface area contributed by atoms with Crippen molar-refractivity contribution in [2.75, 3.05) is 19.7 Å². The fourth-order valence-electron chi connectivity index (χ4n) is 2.38. The lowest BCUT2D eigenvalue weighted by Gasteiger charge is -2.30. The number of hydrogen-bond donors (Lipinski definition) is 0. The van der Waals surface area contributed by atoms with Crippen LogP contribution in [-0.4, -0.2) is 42.6 Å². The molecule has 9 heteroatoms. The van der Waals surface area contributed by atoms with Gasteiger partial charge in [0, 0.05) is 19.5 Å².